The first-order chi connectivity index (χ1) is 14.6. The molecule has 3 aromatic carbocycles. The molecule has 3 aromatic rings. The van der Waals surface area contributed by atoms with Crippen LogP contribution < -0.4 is 15.5 Å². The van der Waals surface area contributed by atoms with Gasteiger partial charge in [-0.1, -0.05) is 42.5 Å². The van der Waals surface area contributed by atoms with Crippen molar-refractivity contribution in [1.29, 1.82) is 0 Å². The van der Waals surface area contributed by atoms with Gasteiger partial charge in [0.1, 0.15) is 0 Å². The van der Waals surface area contributed by atoms with Crippen molar-refractivity contribution in [3.8, 4) is 0 Å². The maximum absolute atomic E-state index is 12.9. The maximum atomic E-state index is 12.9. The highest BCUT2D eigenvalue weighted by atomic mass is 16.2. The number of para-hydroxylation sites is 1. The Bertz CT molecular complexity index is 1040. The predicted molar refractivity (Wildman–Crippen MR) is 122 cm³/mol. The van der Waals surface area contributed by atoms with Crippen LogP contribution in [0.15, 0.2) is 66.7 Å². The van der Waals surface area contributed by atoms with E-state index < -0.39 is 0 Å². The zero-order valence-electron chi connectivity index (χ0n) is 17.2. The second-order valence-corrected chi connectivity index (χ2v) is 7.88. The van der Waals surface area contributed by atoms with E-state index in [0.717, 1.165) is 42.3 Å². The summed E-state index contributed by atoms with van der Waals surface area (Å²) in [5, 5.41) is 7.97. The number of nitrogens with one attached hydrogen (secondary N) is 2. The zero-order valence-corrected chi connectivity index (χ0v) is 17.2. The van der Waals surface area contributed by atoms with Crippen LogP contribution in [0.2, 0.25) is 0 Å². The quantitative estimate of drug-likeness (QED) is 0.549. The van der Waals surface area contributed by atoms with E-state index in [0.29, 0.717) is 17.8 Å². The van der Waals surface area contributed by atoms with Crippen molar-refractivity contribution >= 4 is 34.0 Å². The van der Waals surface area contributed by atoms with E-state index in [1.807, 2.05) is 61.6 Å². The fourth-order valence-corrected chi connectivity index (χ4v) is 3.54. The van der Waals surface area contributed by atoms with Gasteiger partial charge in [0.15, 0.2) is 0 Å². The lowest BCUT2D eigenvalue weighted by Gasteiger charge is -2.19. The van der Waals surface area contributed by atoms with Gasteiger partial charge < -0.3 is 15.5 Å². The van der Waals surface area contributed by atoms with E-state index in [4.69, 9.17) is 0 Å². The second-order valence-electron chi connectivity index (χ2n) is 7.88. The lowest BCUT2D eigenvalue weighted by atomic mass is 10.0. The third-order valence-electron chi connectivity index (χ3n) is 5.49. The SMILES string of the molecule is CN(CCCNC(=O)c1cc2ccccc2cc1NC(=O)C1CC1)c1ccccc1. The summed E-state index contributed by atoms with van der Waals surface area (Å²) in [6, 6.07) is 21.8. The largest absolute Gasteiger partial charge is 0.375 e. The van der Waals surface area contributed by atoms with E-state index in [1.54, 1.807) is 0 Å². The van der Waals surface area contributed by atoms with Gasteiger partial charge in [-0.25, -0.2) is 0 Å². The van der Waals surface area contributed by atoms with Crippen molar-refractivity contribution in [2.75, 3.05) is 30.4 Å². The van der Waals surface area contributed by atoms with E-state index in [9.17, 15) is 9.59 Å². The molecule has 5 nitrogen and oxygen atoms in total. The number of rotatable bonds is 8. The van der Waals surface area contributed by atoms with Crippen molar-refractivity contribution < 1.29 is 9.59 Å². The molecule has 4 rings (SSSR count). The van der Waals surface area contributed by atoms with Gasteiger partial charge in [0.2, 0.25) is 5.91 Å². The molecule has 0 radical (unpaired) electrons. The monoisotopic (exact) mass is 401 g/mol. The van der Waals surface area contributed by atoms with E-state index in [2.05, 4.69) is 27.7 Å². The lowest BCUT2D eigenvalue weighted by molar-refractivity contribution is -0.117. The smallest absolute Gasteiger partial charge is 0.253 e. The Kier molecular flexibility index (Phi) is 5.98. The van der Waals surface area contributed by atoms with E-state index in [-0.39, 0.29) is 17.7 Å². The standard InChI is InChI=1S/C25H27N3O2/c1-28(21-10-3-2-4-11-21)15-7-14-26-25(30)22-16-19-8-5-6-9-20(19)17-23(22)27-24(29)18-12-13-18/h2-6,8-11,16-18H,7,12-15H2,1H3,(H,26,30)(H,27,29). The van der Waals surface area contributed by atoms with Gasteiger partial charge in [-0.2, -0.15) is 0 Å². The van der Waals surface area contributed by atoms with Gasteiger partial charge in [-0.05, 0) is 54.3 Å². The molecule has 0 spiro atoms. The Hall–Kier alpha value is -3.34. The molecule has 154 valence electrons. The van der Waals surface area contributed by atoms with Crippen molar-refractivity contribution in [3.05, 3.63) is 72.3 Å². The van der Waals surface area contributed by atoms with Gasteiger partial charge in [-0.3, -0.25) is 9.59 Å². The van der Waals surface area contributed by atoms with Gasteiger partial charge in [0, 0.05) is 31.7 Å². The van der Waals surface area contributed by atoms with Crippen molar-refractivity contribution in [2.45, 2.75) is 19.3 Å². The lowest BCUT2D eigenvalue weighted by Crippen LogP contribution is -2.29. The molecule has 0 saturated heterocycles. The fourth-order valence-electron chi connectivity index (χ4n) is 3.54. The summed E-state index contributed by atoms with van der Waals surface area (Å²) < 4.78 is 0. The molecule has 2 amide bonds. The molecule has 5 heteroatoms. The number of anilines is 2. The van der Waals surface area contributed by atoms with Gasteiger partial charge >= 0.3 is 0 Å². The van der Waals surface area contributed by atoms with Crippen LogP contribution in [0.5, 0.6) is 0 Å². The average Bonchev–Trinajstić information content (AvgIpc) is 3.62. The number of carbonyl (C=O) groups is 2. The van der Waals surface area contributed by atoms with Crippen molar-refractivity contribution in [1.82, 2.24) is 5.32 Å². The summed E-state index contributed by atoms with van der Waals surface area (Å²) in [5.41, 5.74) is 2.26. The number of fused-ring (bicyclic) bond motifs is 1. The van der Waals surface area contributed by atoms with Crippen LogP contribution in [0, 0.1) is 5.92 Å². The number of nitrogens with zero attached hydrogens (tertiary/aromatic N) is 1. The molecule has 0 heterocycles. The Morgan fingerprint density at radius 1 is 0.967 bits per heavy atom. The van der Waals surface area contributed by atoms with E-state index in [1.165, 1.54) is 0 Å². The summed E-state index contributed by atoms with van der Waals surface area (Å²) in [7, 11) is 2.05. The van der Waals surface area contributed by atoms with Crippen molar-refractivity contribution in [2.24, 2.45) is 5.92 Å². The van der Waals surface area contributed by atoms with Gasteiger partial charge in [0.05, 0.1) is 11.3 Å². The number of amides is 2. The predicted octanol–water partition coefficient (Wildman–Crippen LogP) is 4.44. The minimum Gasteiger partial charge on any atom is -0.375 e. The third-order valence-corrected chi connectivity index (χ3v) is 5.49. The first kappa shape index (κ1) is 20.0. The molecular formula is C25H27N3O2. The minimum absolute atomic E-state index is 0.00353. The van der Waals surface area contributed by atoms with Crippen LogP contribution in [0.25, 0.3) is 10.8 Å². The van der Waals surface area contributed by atoms with Crippen LogP contribution in [0.1, 0.15) is 29.6 Å². The highest BCUT2D eigenvalue weighted by molar-refractivity contribution is 6.08. The molecule has 0 aliphatic heterocycles. The first-order valence-corrected chi connectivity index (χ1v) is 10.5. The van der Waals surface area contributed by atoms with Crippen LogP contribution in [0.3, 0.4) is 0 Å². The third kappa shape index (κ3) is 4.79. The molecule has 0 unspecified atom stereocenters. The van der Waals surface area contributed by atoms with Gasteiger partial charge in [-0.15, -0.1) is 0 Å². The van der Waals surface area contributed by atoms with Crippen LogP contribution in [-0.4, -0.2) is 32.0 Å². The summed E-state index contributed by atoms with van der Waals surface area (Å²) in [6.07, 6.45) is 2.68. The Labute approximate surface area is 177 Å². The van der Waals surface area contributed by atoms with Crippen molar-refractivity contribution in [3.63, 3.8) is 0 Å². The second kappa shape index (κ2) is 8.99. The highest BCUT2D eigenvalue weighted by Crippen LogP contribution is 2.32. The Morgan fingerprint density at radius 3 is 2.33 bits per heavy atom. The van der Waals surface area contributed by atoms with Crippen LogP contribution in [-0.2, 0) is 4.79 Å². The van der Waals surface area contributed by atoms with Crippen LogP contribution >= 0.6 is 0 Å². The molecule has 0 aromatic heterocycles. The van der Waals surface area contributed by atoms with Crippen LogP contribution in [0.4, 0.5) is 11.4 Å². The molecule has 2 N–H and O–H groups in total. The van der Waals surface area contributed by atoms with Gasteiger partial charge in [0.25, 0.3) is 5.91 Å². The molecule has 0 bridgehead atoms. The number of hydrogen-bond donors (Lipinski definition) is 2. The first-order valence-electron chi connectivity index (χ1n) is 10.5. The molecular weight excluding hydrogens is 374 g/mol. The minimum atomic E-state index is -0.158. The summed E-state index contributed by atoms with van der Waals surface area (Å²) in [4.78, 5) is 27.4. The normalized spacial score (nSPS) is 13.1. The average molecular weight is 402 g/mol. The topological polar surface area (TPSA) is 61.4 Å². The fraction of sp³-hybridized carbons (Fsp3) is 0.280. The number of benzene rings is 3. The molecule has 1 fully saturated rings. The molecule has 0 atom stereocenters. The summed E-state index contributed by atoms with van der Waals surface area (Å²) in [5.74, 6) is -0.0704. The van der Waals surface area contributed by atoms with E-state index >= 15 is 0 Å². The molecule has 1 aliphatic rings. The number of carbonyl (C=O) groups excluding carboxylic acids is 2. The zero-order chi connectivity index (χ0) is 20.9. The Morgan fingerprint density at radius 2 is 1.63 bits per heavy atom. The molecule has 1 saturated carbocycles. The maximum Gasteiger partial charge on any atom is 0.253 e. The molecule has 1 aliphatic carbocycles. The summed E-state index contributed by atoms with van der Waals surface area (Å²) in [6.45, 7) is 1.41. The molecule has 30 heavy (non-hydrogen) atoms. The summed E-state index contributed by atoms with van der Waals surface area (Å²) >= 11 is 0. The Balaban J connectivity index is 1.41. The number of hydrogen-bond acceptors (Lipinski definition) is 3. The highest BCUT2D eigenvalue weighted by Gasteiger charge is 2.30.